The van der Waals surface area contributed by atoms with Crippen molar-refractivity contribution in [2.45, 2.75) is 38.7 Å². The lowest BCUT2D eigenvalue weighted by Gasteiger charge is -2.37. The lowest BCUT2D eigenvalue weighted by Crippen LogP contribution is -2.36. The number of hydrogen-bond acceptors (Lipinski definition) is 3. The van der Waals surface area contributed by atoms with Gasteiger partial charge in [-0.05, 0) is 41.6 Å². The van der Waals surface area contributed by atoms with Gasteiger partial charge >= 0.3 is 0 Å². The highest BCUT2D eigenvalue weighted by molar-refractivity contribution is 5.62. The fraction of sp³-hybridized carbons (Fsp3) is 0.429. The Balaban J connectivity index is 1.95. The van der Waals surface area contributed by atoms with Gasteiger partial charge in [0.15, 0.2) is 0 Å². The maximum Gasteiger partial charge on any atom is 0.143 e. The van der Waals surface area contributed by atoms with E-state index in [1.165, 1.54) is 16.8 Å². The first-order chi connectivity index (χ1) is 11.5. The number of hydrogen-bond donors (Lipinski definition) is 1. The maximum absolute atomic E-state index is 6.32. The van der Waals surface area contributed by atoms with E-state index < -0.39 is 0 Å². The lowest BCUT2D eigenvalue weighted by molar-refractivity contribution is 0.197. The van der Waals surface area contributed by atoms with Crippen molar-refractivity contribution in [2.24, 2.45) is 5.73 Å². The van der Waals surface area contributed by atoms with Crippen molar-refractivity contribution in [2.75, 3.05) is 24.5 Å². The molecule has 0 saturated carbocycles. The van der Waals surface area contributed by atoms with Gasteiger partial charge in [-0.3, -0.25) is 0 Å². The zero-order chi connectivity index (χ0) is 17.2. The topological polar surface area (TPSA) is 38.5 Å². The zero-order valence-electron chi connectivity index (χ0n) is 15.0. The zero-order valence-corrected chi connectivity index (χ0v) is 15.0. The number of nitrogens with zero attached hydrogens (tertiary/aromatic N) is 1. The van der Waals surface area contributed by atoms with Gasteiger partial charge in [-0.15, -0.1) is 0 Å². The molecule has 128 valence electrons. The highest BCUT2D eigenvalue weighted by Crippen LogP contribution is 2.40. The van der Waals surface area contributed by atoms with E-state index in [-0.39, 0.29) is 11.5 Å². The molecule has 24 heavy (non-hydrogen) atoms. The van der Waals surface area contributed by atoms with Crippen molar-refractivity contribution in [3.8, 4) is 5.75 Å². The second-order valence-electron chi connectivity index (χ2n) is 7.54. The Morgan fingerprint density at radius 3 is 2.54 bits per heavy atom. The Bertz CT molecular complexity index is 676. The van der Waals surface area contributed by atoms with Crippen LogP contribution in [-0.2, 0) is 5.41 Å². The molecule has 0 saturated heterocycles. The molecule has 2 aromatic carbocycles. The smallest absolute Gasteiger partial charge is 0.143 e. The highest BCUT2D eigenvalue weighted by Gasteiger charge is 2.28. The predicted octanol–water partition coefficient (Wildman–Crippen LogP) is 4.27. The van der Waals surface area contributed by atoms with Crippen LogP contribution in [0.4, 0.5) is 5.69 Å². The highest BCUT2D eigenvalue weighted by atomic mass is 16.5. The Morgan fingerprint density at radius 1 is 1.12 bits per heavy atom. The van der Waals surface area contributed by atoms with E-state index in [0.717, 1.165) is 25.3 Å². The molecule has 0 aliphatic carbocycles. The standard InChI is InChI=1S/C21H28N2O/c1-21(2,3)17-10-11-19-18(14-17)23(13-7-12-22)15-20(24-19)16-8-5-4-6-9-16/h4-6,8-11,14,20H,7,12-13,15,22H2,1-3H3. The normalized spacial score (nSPS) is 17.3. The third kappa shape index (κ3) is 3.57. The SMILES string of the molecule is CC(C)(C)c1ccc2c(c1)N(CCCN)CC(c1ccccc1)O2. The van der Waals surface area contributed by atoms with Gasteiger partial charge in [0, 0.05) is 6.54 Å². The molecule has 0 amide bonds. The van der Waals surface area contributed by atoms with Crippen LogP contribution < -0.4 is 15.4 Å². The van der Waals surface area contributed by atoms with Crippen LogP contribution >= 0.6 is 0 Å². The number of nitrogens with two attached hydrogens (primary N) is 1. The molecule has 0 aromatic heterocycles. The molecule has 3 nitrogen and oxygen atoms in total. The molecule has 1 unspecified atom stereocenters. The van der Waals surface area contributed by atoms with Crippen molar-refractivity contribution < 1.29 is 4.74 Å². The summed E-state index contributed by atoms with van der Waals surface area (Å²) in [6.07, 6.45) is 1.05. The van der Waals surface area contributed by atoms with Crippen molar-refractivity contribution >= 4 is 5.69 Å². The van der Waals surface area contributed by atoms with Crippen LogP contribution in [0.15, 0.2) is 48.5 Å². The number of fused-ring (bicyclic) bond motifs is 1. The van der Waals surface area contributed by atoms with Crippen LogP contribution in [0.3, 0.4) is 0 Å². The summed E-state index contributed by atoms with van der Waals surface area (Å²) in [5.74, 6) is 0.972. The van der Waals surface area contributed by atoms with Crippen LogP contribution in [0.2, 0.25) is 0 Å². The molecule has 1 aliphatic rings. The van der Waals surface area contributed by atoms with Gasteiger partial charge in [0.2, 0.25) is 0 Å². The van der Waals surface area contributed by atoms with Crippen molar-refractivity contribution in [3.05, 3.63) is 59.7 Å². The van der Waals surface area contributed by atoms with Crippen LogP contribution in [0, 0.1) is 0 Å². The minimum absolute atomic E-state index is 0.0666. The Labute approximate surface area is 145 Å². The fourth-order valence-corrected chi connectivity index (χ4v) is 3.15. The fourth-order valence-electron chi connectivity index (χ4n) is 3.15. The average molecular weight is 324 g/mol. The molecule has 0 spiro atoms. The Morgan fingerprint density at radius 2 is 1.88 bits per heavy atom. The first kappa shape index (κ1) is 16.8. The molecular weight excluding hydrogens is 296 g/mol. The van der Waals surface area contributed by atoms with Crippen LogP contribution in [0.25, 0.3) is 0 Å². The van der Waals surface area contributed by atoms with Crippen LogP contribution in [0.5, 0.6) is 5.75 Å². The third-order valence-corrected chi connectivity index (χ3v) is 4.62. The molecule has 0 fully saturated rings. The minimum Gasteiger partial charge on any atom is -0.482 e. The largest absolute Gasteiger partial charge is 0.482 e. The molecule has 0 bridgehead atoms. The van der Waals surface area contributed by atoms with Crippen molar-refractivity contribution in [1.82, 2.24) is 0 Å². The summed E-state index contributed by atoms with van der Waals surface area (Å²) in [6.45, 7) is 9.27. The third-order valence-electron chi connectivity index (χ3n) is 4.62. The van der Waals surface area contributed by atoms with Crippen molar-refractivity contribution in [3.63, 3.8) is 0 Å². The summed E-state index contributed by atoms with van der Waals surface area (Å²) in [7, 11) is 0. The molecule has 1 atom stereocenters. The summed E-state index contributed by atoms with van der Waals surface area (Å²) in [5, 5.41) is 0. The average Bonchev–Trinajstić information content (AvgIpc) is 2.59. The van der Waals surface area contributed by atoms with Gasteiger partial charge in [-0.1, -0.05) is 57.2 Å². The minimum atomic E-state index is 0.0666. The predicted molar refractivity (Wildman–Crippen MR) is 101 cm³/mol. The van der Waals surface area contributed by atoms with Crippen LogP contribution in [0.1, 0.15) is 44.4 Å². The van der Waals surface area contributed by atoms with E-state index in [9.17, 15) is 0 Å². The summed E-state index contributed by atoms with van der Waals surface area (Å²) >= 11 is 0. The number of rotatable bonds is 4. The molecule has 1 aliphatic heterocycles. The molecule has 3 heteroatoms. The monoisotopic (exact) mass is 324 g/mol. The molecule has 2 N–H and O–H groups in total. The van der Waals surface area contributed by atoms with Gasteiger partial charge < -0.3 is 15.4 Å². The second kappa shape index (κ2) is 6.86. The molecule has 2 aromatic rings. The van der Waals surface area contributed by atoms with Gasteiger partial charge in [-0.2, -0.15) is 0 Å². The van der Waals surface area contributed by atoms with E-state index in [1.807, 2.05) is 6.07 Å². The summed E-state index contributed by atoms with van der Waals surface area (Å²) in [6, 6.07) is 17.1. The number of ether oxygens (including phenoxy) is 1. The molecule has 1 heterocycles. The van der Waals surface area contributed by atoms with Gasteiger partial charge in [0.1, 0.15) is 11.9 Å². The van der Waals surface area contributed by atoms with Gasteiger partial charge in [0.05, 0.1) is 12.2 Å². The molecular formula is C21H28N2O. The second-order valence-corrected chi connectivity index (χ2v) is 7.54. The van der Waals surface area contributed by atoms with Crippen LogP contribution in [-0.4, -0.2) is 19.6 Å². The number of benzene rings is 2. The quantitative estimate of drug-likeness (QED) is 0.912. The van der Waals surface area contributed by atoms with Crippen molar-refractivity contribution in [1.29, 1.82) is 0 Å². The summed E-state index contributed by atoms with van der Waals surface area (Å²) < 4.78 is 6.32. The number of anilines is 1. The van der Waals surface area contributed by atoms with Gasteiger partial charge in [0.25, 0.3) is 0 Å². The molecule has 0 radical (unpaired) electrons. The maximum atomic E-state index is 6.32. The first-order valence-corrected chi connectivity index (χ1v) is 8.80. The van der Waals surface area contributed by atoms with E-state index in [1.54, 1.807) is 0 Å². The first-order valence-electron chi connectivity index (χ1n) is 8.80. The van der Waals surface area contributed by atoms with E-state index in [0.29, 0.717) is 6.54 Å². The van der Waals surface area contributed by atoms with E-state index in [2.05, 4.69) is 68.1 Å². The Kier molecular flexibility index (Phi) is 4.81. The van der Waals surface area contributed by atoms with E-state index >= 15 is 0 Å². The molecule has 3 rings (SSSR count). The van der Waals surface area contributed by atoms with Gasteiger partial charge in [-0.25, -0.2) is 0 Å². The summed E-state index contributed by atoms with van der Waals surface area (Å²) in [5.41, 5.74) is 9.64. The Hall–Kier alpha value is -2.00. The van der Waals surface area contributed by atoms with E-state index in [4.69, 9.17) is 10.5 Å². The lowest BCUT2D eigenvalue weighted by atomic mass is 9.86. The summed E-state index contributed by atoms with van der Waals surface area (Å²) in [4.78, 5) is 2.43.